The molecular weight excluding hydrogens is 486 g/mol. The minimum Gasteiger partial charge on any atom is -0.495 e. The van der Waals surface area contributed by atoms with Gasteiger partial charge in [0.25, 0.3) is 15.7 Å². The van der Waals surface area contributed by atoms with Gasteiger partial charge in [0.05, 0.1) is 29.1 Å². The van der Waals surface area contributed by atoms with Gasteiger partial charge in [-0.05, 0) is 37.3 Å². The second kappa shape index (κ2) is 10.8. The summed E-state index contributed by atoms with van der Waals surface area (Å²) in [6.45, 7) is -1.56. The van der Waals surface area contributed by atoms with E-state index in [1.54, 1.807) is 18.2 Å². The molecule has 0 atom stereocenters. The molecule has 10 nitrogen and oxygen atoms in total. The molecule has 0 bridgehead atoms. The summed E-state index contributed by atoms with van der Waals surface area (Å²) in [7, 11) is -3.00. The fourth-order valence-electron chi connectivity index (χ4n) is 3.04. The average molecular weight is 506 g/mol. The number of anilines is 2. The minimum absolute atomic E-state index is 0.0930. The molecular formula is C22H20F2N4O6S. The maximum Gasteiger partial charge on any atom is 0.387 e. The van der Waals surface area contributed by atoms with Crippen molar-refractivity contribution in [3.63, 3.8) is 0 Å². The Kier molecular flexibility index (Phi) is 7.81. The number of sulfonamides is 1. The number of para-hydroxylation sites is 3. The Labute approximate surface area is 199 Å². The van der Waals surface area contributed by atoms with Crippen LogP contribution in [-0.4, -0.2) is 32.8 Å². The summed E-state index contributed by atoms with van der Waals surface area (Å²) in [6, 6.07) is 15.3. The first-order valence-corrected chi connectivity index (χ1v) is 11.4. The molecule has 0 aliphatic carbocycles. The fourth-order valence-corrected chi connectivity index (χ4v) is 4.28. The topological polar surface area (TPSA) is 132 Å². The summed E-state index contributed by atoms with van der Waals surface area (Å²) >= 11 is 0. The van der Waals surface area contributed by atoms with Gasteiger partial charge in [-0.2, -0.15) is 13.9 Å². The van der Waals surface area contributed by atoms with Crippen LogP contribution in [0.4, 0.5) is 25.8 Å². The molecule has 3 rings (SSSR count). The van der Waals surface area contributed by atoms with Crippen LogP contribution in [-0.2, 0) is 10.0 Å². The normalized spacial score (nSPS) is 11.7. The van der Waals surface area contributed by atoms with Gasteiger partial charge in [0.1, 0.15) is 16.4 Å². The number of hydrogen-bond acceptors (Lipinski definition) is 8. The van der Waals surface area contributed by atoms with Gasteiger partial charge in [-0.25, -0.2) is 8.42 Å². The number of nitrogens with zero attached hydrogens (tertiary/aromatic N) is 2. The quantitative estimate of drug-likeness (QED) is 0.228. The molecule has 3 aromatic rings. The Morgan fingerprint density at radius 3 is 2.34 bits per heavy atom. The summed E-state index contributed by atoms with van der Waals surface area (Å²) in [5.74, 6) is 0.112. The van der Waals surface area contributed by atoms with Crippen LogP contribution < -0.4 is 19.6 Å². The number of non-ortho nitro benzene ring substituents is 1. The lowest BCUT2D eigenvalue weighted by Crippen LogP contribution is -2.16. The van der Waals surface area contributed by atoms with E-state index in [1.807, 2.05) is 0 Å². The molecule has 2 N–H and O–H groups in total. The Morgan fingerprint density at radius 2 is 1.69 bits per heavy atom. The summed E-state index contributed by atoms with van der Waals surface area (Å²) in [5.41, 5.74) is 2.54. The summed E-state index contributed by atoms with van der Waals surface area (Å²) in [5, 5.41) is 15.4. The lowest BCUT2D eigenvalue weighted by atomic mass is 10.1. The van der Waals surface area contributed by atoms with Gasteiger partial charge in [0.15, 0.2) is 0 Å². The van der Waals surface area contributed by atoms with Gasteiger partial charge in [-0.3, -0.25) is 20.3 Å². The standard InChI is InChI=1S/C22H20F2N4O6S/c1-14(16-7-3-5-9-19(16)34-22(23)24)25-26-18-12-11-15(28(29)30)13-21(18)35(31,32)27-17-8-4-6-10-20(17)33-2/h3-13,22,26-27H,1-2H3. The number of methoxy groups -OCH3 is 1. The fraction of sp³-hybridized carbons (Fsp3) is 0.136. The van der Waals surface area contributed by atoms with Crippen molar-refractivity contribution in [3.8, 4) is 11.5 Å². The number of nitro benzene ring substituents is 1. The van der Waals surface area contributed by atoms with Crippen molar-refractivity contribution in [1.82, 2.24) is 0 Å². The van der Waals surface area contributed by atoms with E-state index in [9.17, 15) is 27.3 Å². The number of alkyl halides is 2. The van der Waals surface area contributed by atoms with Crippen molar-refractivity contribution in [2.75, 3.05) is 17.3 Å². The predicted octanol–water partition coefficient (Wildman–Crippen LogP) is 4.84. The molecule has 0 saturated heterocycles. The van der Waals surface area contributed by atoms with Crippen LogP contribution in [0.15, 0.2) is 76.7 Å². The zero-order valence-corrected chi connectivity index (χ0v) is 19.3. The van der Waals surface area contributed by atoms with Gasteiger partial charge in [-0.15, -0.1) is 0 Å². The van der Waals surface area contributed by atoms with Crippen LogP contribution in [0.2, 0.25) is 0 Å². The van der Waals surface area contributed by atoms with Crippen LogP contribution in [0, 0.1) is 10.1 Å². The van der Waals surface area contributed by atoms with E-state index in [2.05, 4.69) is 20.0 Å². The first-order chi connectivity index (χ1) is 16.6. The van der Waals surface area contributed by atoms with Crippen molar-refractivity contribution in [3.05, 3.63) is 82.4 Å². The Hall–Kier alpha value is -4.26. The third-order valence-electron chi connectivity index (χ3n) is 4.65. The Bertz CT molecular complexity index is 1370. The highest BCUT2D eigenvalue weighted by Crippen LogP contribution is 2.31. The molecule has 0 saturated carbocycles. The van der Waals surface area contributed by atoms with E-state index in [1.165, 1.54) is 50.4 Å². The first-order valence-electron chi connectivity index (χ1n) is 9.91. The van der Waals surface area contributed by atoms with Gasteiger partial charge in [0.2, 0.25) is 0 Å². The molecule has 35 heavy (non-hydrogen) atoms. The lowest BCUT2D eigenvalue weighted by molar-refractivity contribution is -0.385. The van der Waals surface area contributed by atoms with Crippen molar-refractivity contribution in [1.29, 1.82) is 0 Å². The molecule has 3 aromatic carbocycles. The molecule has 0 unspecified atom stereocenters. The number of ether oxygens (including phenoxy) is 2. The highest BCUT2D eigenvalue weighted by molar-refractivity contribution is 7.93. The minimum atomic E-state index is -4.36. The van der Waals surface area contributed by atoms with E-state index in [4.69, 9.17) is 4.74 Å². The molecule has 0 aliphatic heterocycles. The van der Waals surface area contributed by atoms with E-state index < -0.39 is 32.1 Å². The molecule has 13 heteroatoms. The first kappa shape index (κ1) is 25.4. The van der Waals surface area contributed by atoms with Gasteiger partial charge < -0.3 is 9.47 Å². The van der Waals surface area contributed by atoms with Crippen molar-refractivity contribution in [2.45, 2.75) is 18.4 Å². The zero-order valence-electron chi connectivity index (χ0n) is 18.4. The highest BCUT2D eigenvalue weighted by Gasteiger charge is 2.24. The lowest BCUT2D eigenvalue weighted by Gasteiger charge is -2.14. The molecule has 0 aromatic heterocycles. The molecule has 0 spiro atoms. The number of halogens is 2. The second-order valence-electron chi connectivity index (χ2n) is 6.93. The number of nitro groups is 1. The van der Waals surface area contributed by atoms with Crippen LogP contribution in [0.5, 0.6) is 11.5 Å². The number of nitrogens with one attached hydrogen (secondary N) is 2. The Balaban J connectivity index is 2.00. The van der Waals surface area contributed by atoms with Gasteiger partial charge in [-0.1, -0.05) is 24.3 Å². The molecule has 0 radical (unpaired) electrons. The van der Waals surface area contributed by atoms with Crippen molar-refractivity contribution in [2.24, 2.45) is 5.10 Å². The van der Waals surface area contributed by atoms with E-state index in [-0.39, 0.29) is 34.1 Å². The van der Waals surface area contributed by atoms with E-state index >= 15 is 0 Å². The predicted molar refractivity (Wildman–Crippen MR) is 126 cm³/mol. The maximum absolute atomic E-state index is 13.2. The van der Waals surface area contributed by atoms with Crippen LogP contribution in [0.25, 0.3) is 0 Å². The summed E-state index contributed by atoms with van der Waals surface area (Å²) < 4.78 is 63.8. The SMILES string of the molecule is COc1ccccc1NS(=O)(=O)c1cc([N+](=O)[O-])ccc1NN=C(C)c1ccccc1OC(F)F. The monoisotopic (exact) mass is 506 g/mol. The number of rotatable bonds is 10. The molecule has 0 heterocycles. The molecule has 0 aliphatic rings. The van der Waals surface area contributed by atoms with Gasteiger partial charge in [0, 0.05) is 17.7 Å². The zero-order chi connectivity index (χ0) is 25.6. The number of hydrazone groups is 1. The Morgan fingerprint density at radius 1 is 1.03 bits per heavy atom. The smallest absolute Gasteiger partial charge is 0.387 e. The third-order valence-corrected chi connectivity index (χ3v) is 6.06. The molecule has 0 fully saturated rings. The average Bonchev–Trinajstić information content (AvgIpc) is 2.82. The van der Waals surface area contributed by atoms with Crippen molar-refractivity contribution < 1.29 is 31.6 Å². The molecule has 0 amide bonds. The number of benzene rings is 3. The van der Waals surface area contributed by atoms with Crippen LogP contribution >= 0.6 is 0 Å². The van der Waals surface area contributed by atoms with Crippen molar-refractivity contribution >= 4 is 32.8 Å². The summed E-state index contributed by atoms with van der Waals surface area (Å²) in [4.78, 5) is 10.1. The number of hydrogen-bond donors (Lipinski definition) is 2. The molecule has 184 valence electrons. The highest BCUT2D eigenvalue weighted by atomic mass is 32.2. The summed E-state index contributed by atoms with van der Waals surface area (Å²) in [6.07, 6.45) is 0. The second-order valence-corrected chi connectivity index (χ2v) is 8.58. The van der Waals surface area contributed by atoms with Gasteiger partial charge >= 0.3 is 6.61 Å². The van der Waals surface area contributed by atoms with Crippen LogP contribution in [0.1, 0.15) is 12.5 Å². The van der Waals surface area contributed by atoms with E-state index in [0.29, 0.717) is 0 Å². The van der Waals surface area contributed by atoms with E-state index in [0.717, 1.165) is 12.1 Å². The maximum atomic E-state index is 13.2. The van der Waals surface area contributed by atoms with Crippen LogP contribution in [0.3, 0.4) is 0 Å². The largest absolute Gasteiger partial charge is 0.495 e. The third kappa shape index (κ3) is 6.20.